The Balaban J connectivity index is 3.43. The summed E-state index contributed by atoms with van der Waals surface area (Å²) >= 11 is 0. The largest absolute Gasteiger partial charge is 0.103 e. The minimum atomic E-state index is -0.828. The third kappa shape index (κ3) is 7.70. The van der Waals surface area contributed by atoms with Crippen LogP contribution in [0.4, 0.5) is 0 Å². The first-order valence-corrected chi connectivity index (χ1v) is 7.53. The van der Waals surface area contributed by atoms with Gasteiger partial charge >= 0.3 is 0 Å². The highest BCUT2D eigenvalue weighted by molar-refractivity contribution is 6.76. The normalized spacial score (nSPS) is 12.3. The minimum Gasteiger partial charge on any atom is -0.103 e. The van der Waals surface area contributed by atoms with E-state index in [2.05, 4.69) is 38.4 Å². The summed E-state index contributed by atoms with van der Waals surface area (Å²) in [6.45, 7) is 10.8. The van der Waals surface area contributed by atoms with Crippen LogP contribution in [0, 0.1) is 0 Å². The molecule has 0 fully saturated rings. The first-order valence-electron chi connectivity index (χ1n) is 3.82. The summed E-state index contributed by atoms with van der Waals surface area (Å²) < 4.78 is 0. The van der Waals surface area contributed by atoms with Crippen LogP contribution in [0.3, 0.4) is 0 Å². The van der Waals surface area contributed by atoms with Crippen molar-refractivity contribution >= 4 is 8.07 Å². The lowest BCUT2D eigenvalue weighted by Crippen LogP contribution is -2.17. The molecule has 0 rings (SSSR count). The van der Waals surface area contributed by atoms with Crippen LogP contribution in [0.1, 0.15) is 6.42 Å². The molecule has 0 N–H and O–H groups in total. The maximum absolute atomic E-state index is 3.65. The molecule has 1 heteroatoms. The Hall–Kier alpha value is -0.303. The van der Waals surface area contributed by atoms with Gasteiger partial charge in [0.15, 0.2) is 0 Å². The second kappa shape index (κ2) is 4.50. The first-order chi connectivity index (χ1) is 4.56. The van der Waals surface area contributed by atoms with Gasteiger partial charge in [-0.3, -0.25) is 0 Å². The average molecular weight is 154 g/mol. The smallest absolute Gasteiger partial charge is 0.0480 e. The van der Waals surface area contributed by atoms with Crippen molar-refractivity contribution in [2.45, 2.75) is 32.1 Å². The fourth-order valence-corrected chi connectivity index (χ4v) is 1.50. The molecule has 10 heavy (non-hydrogen) atoms. The molecule has 0 unspecified atom stereocenters. The third-order valence-corrected chi connectivity index (χ3v) is 2.66. The zero-order chi connectivity index (χ0) is 8.04. The maximum Gasteiger partial charge on any atom is 0.0480 e. The molecule has 0 aromatic heterocycles. The van der Waals surface area contributed by atoms with Gasteiger partial charge in [0, 0.05) is 8.07 Å². The Labute approximate surface area is 65.7 Å². The predicted molar refractivity (Wildman–Crippen MR) is 52.1 cm³/mol. The highest BCUT2D eigenvalue weighted by Gasteiger charge is 2.08. The Morgan fingerprint density at radius 1 is 1.20 bits per heavy atom. The molecule has 0 spiro atoms. The number of allylic oxidation sites excluding steroid dienone is 3. The standard InChI is InChI=1S/C9H18Si/c1-5-6-7-8-9-10(2,3)4/h5,7-8H,1,6,9H2,2-4H3/b8-7-. The molecule has 0 aromatic rings. The second-order valence-corrected chi connectivity index (χ2v) is 9.29. The summed E-state index contributed by atoms with van der Waals surface area (Å²) in [4.78, 5) is 0. The molecule has 0 aliphatic carbocycles. The molecular formula is C9H18Si. The van der Waals surface area contributed by atoms with Crippen LogP contribution in [0.25, 0.3) is 0 Å². The summed E-state index contributed by atoms with van der Waals surface area (Å²) in [6, 6.07) is 1.29. The van der Waals surface area contributed by atoms with E-state index in [0.717, 1.165) is 6.42 Å². The molecule has 0 aliphatic rings. The van der Waals surface area contributed by atoms with Crippen LogP contribution in [-0.2, 0) is 0 Å². The van der Waals surface area contributed by atoms with Gasteiger partial charge in [0.2, 0.25) is 0 Å². The van der Waals surface area contributed by atoms with Crippen molar-refractivity contribution in [2.75, 3.05) is 0 Å². The van der Waals surface area contributed by atoms with Crippen LogP contribution in [0.15, 0.2) is 24.8 Å². The van der Waals surface area contributed by atoms with Crippen LogP contribution in [0.2, 0.25) is 25.7 Å². The Morgan fingerprint density at radius 3 is 2.20 bits per heavy atom. The molecule has 0 saturated carbocycles. The summed E-state index contributed by atoms with van der Waals surface area (Å²) in [7, 11) is -0.828. The van der Waals surface area contributed by atoms with E-state index in [4.69, 9.17) is 0 Å². The van der Waals surface area contributed by atoms with Gasteiger partial charge in [0.1, 0.15) is 0 Å². The minimum absolute atomic E-state index is 0.828. The molecule has 0 aliphatic heterocycles. The van der Waals surface area contributed by atoms with E-state index in [9.17, 15) is 0 Å². The van der Waals surface area contributed by atoms with E-state index < -0.39 is 8.07 Å². The van der Waals surface area contributed by atoms with Crippen LogP contribution in [-0.4, -0.2) is 8.07 Å². The molecule has 0 nitrogen and oxygen atoms in total. The zero-order valence-corrected chi connectivity index (χ0v) is 8.35. The van der Waals surface area contributed by atoms with Crippen LogP contribution >= 0.6 is 0 Å². The quantitative estimate of drug-likeness (QED) is 0.430. The monoisotopic (exact) mass is 154 g/mol. The highest BCUT2D eigenvalue weighted by Crippen LogP contribution is 2.08. The van der Waals surface area contributed by atoms with Crippen molar-refractivity contribution in [1.29, 1.82) is 0 Å². The van der Waals surface area contributed by atoms with Crippen molar-refractivity contribution in [2.24, 2.45) is 0 Å². The SMILES string of the molecule is C=CC/C=C\C[Si](C)(C)C. The summed E-state index contributed by atoms with van der Waals surface area (Å²) in [5.41, 5.74) is 0. The van der Waals surface area contributed by atoms with E-state index >= 15 is 0 Å². The van der Waals surface area contributed by atoms with Gasteiger partial charge in [-0.1, -0.05) is 37.9 Å². The molecule has 0 bridgehead atoms. The lowest BCUT2D eigenvalue weighted by molar-refractivity contribution is 1.37. The van der Waals surface area contributed by atoms with Gasteiger partial charge < -0.3 is 0 Å². The van der Waals surface area contributed by atoms with Crippen LogP contribution < -0.4 is 0 Å². The molecule has 0 saturated heterocycles. The maximum atomic E-state index is 3.65. The molecule has 0 aromatic carbocycles. The number of hydrogen-bond acceptors (Lipinski definition) is 0. The Kier molecular flexibility index (Phi) is 4.37. The Morgan fingerprint density at radius 2 is 1.80 bits per heavy atom. The van der Waals surface area contributed by atoms with Crippen molar-refractivity contribution < 1.29 is 0 Å². The summed E-state index contributed by atoms with van der Waals surface area (Å²) in [5.74, 6) is 0. The lowest BCUT2D eigenvalue weighted by Gasteiger charge is -2.11. The van der Waals surface area contributed by atoms with Gasteiger partial charge in [-0.2, -0.15) is 0 Å². The lowest BCUT2D eigenvalue weighted by atomic mass is 10.4. The topological polar surface area (TPSA) is 0 Å². The van der Waals surface area contributed by atoms with Crippen LogP contribution in [0.5, 0.6) is 0 Å². The number of hydrogen-bond donors (Lipinski definition) is 0. The molecule has 0 atom stereocenters. The van der Waals surface area contributed by atoms with Gasteiger partial charge in [-0.15, -0.1) is 6.58 Å². The van der Waals surface area contributed by atoms with Gasteiger partial charge in [-0.25, -0.2) is 0 Å². The van der Waals surface area contributed by atoms with Gasteiger partial charge in [0.25, 0.3) is 0 Å². The first kappa shape index (κ1) is 9.70. The second-order valence-electron chi connectivity index (χ2n) is 3.76. The highest BCUT2D eigenvalue weighted by atomic mass is 28.3. The van der Waals surface area contributed by atoms with Crippen molar-refractivity contribution in [3.63, 3.8) is 0 Å². The van der Waals surface area contributed by atoms with Crippen molar-refractivity contribution in [3.8, 4) is 0 Å². The number of rotatable bonds is 4. The Bertz CT molecular complexity index is 117. The van der Waals surface area contributed by atoms with E-state index in [-0.39, 0.29) is 0 Å². The molecule has 0 radical (unpaired) electrons. The van der Waals surface area contributed by atoms with E-state index in [1.54, 1.807) is 0 Å². The van der Waals surface area contributed by atoms with E-state index in [1.165, 1.54) is 6.04 Å². The fourth-order valence-electron chi connectivity index (χ4n) is 0.629. The average Bonchev–Trinajstić information content (AvgIpc) is 1.78. The van der Waals surface area contributed by atoms with Crippen molar-refractivity contribution in [1.82, 2.24) is 0 Å². The third-order valence-electron chi connectivity index (χ3n) is 1.20. The molecular weight excluding hydrogens is 136 g/mol. The molecule has 0 heterocycles. The van der Waals surface area contributed by atoms with Gasteiger partial charge in [0.05, 0.1) is 0 Å². The molecule has 0 amide bonds. The van der Waals surface area contributed by atoms with E-state index in [1.807, 2.05) is 6.08 Å². The predicted octanol–water partition coefficient (Wildman–Crippen LogP) is 3.46. The summed E-state index contributed by atoms with van der Waals surface area (Å²) in [5, 5.41) is 0. The molecule has 58 valence electrons. The van der Waals surface area contributed by atoms with Gasteiger partial charge in [-0.05, 0) is 12.5 Å². The fraction of sp³-hybridized carbons (Fsp3) is 0.556. The van der Waals surface area contributed by atoms with E-state index in [0.29, 0.717) is 0 Å². The summed E-state index contributed by atoms with van der Waals surface area (Å²) in [6.07, 6.45) is 7.43. The van der Waals surface area contributed by atoms with Crippen molar-refractivity contribution in [3.05, 3.63) is 24.8 Å². The zero-order valence-electron chi connectivity index (χ0n) is 7.35.